The zero-order valence-electron chi connectivity index (χ0n) is 11.6. The number of aliphatic hydroxyl groups is 1. The molecule has 0 unspecified atom stereocenters. The molecule has 0 aliphatic carbocycles. The number of nitrogens with one attached hydrogen (secondary N) is 2. The summed E-state index contributed by atoms with van der Waals surface area (Å²) in [6, 6.07) is 1.74. The monoisotopic (exact) mass is 339 g/mol. The van der Waals surface area contributed by atoms with E-state index in [0.717, 1.165) is 10.4 Å². The first kappa shape index (κ1) is 14.5. The number of hydrogen-bond acceptors (Lipinski definition) is 5. The van der Waals surface area contributed by atoms with Gasteiger partial charge in [-0.1, -0.05) is 0 Å². The van der Waals surface area contributed by atoms with Gasteiger partial charge in [0, 0.05) is 27.6 Å². The average molecular weight is 339 g/mol. The normalized spacial score (nSPS) is 21.0. The summed E-state index contributed by atoms with van der Waals surface area (Å²) in [5.74, 6) is 0. The van der Waals surface area contributed by atoms with Gasteiger partial charge < -0.3 is 14.8 Å². The second-order valence-electron chi connectivity index (χ2n) is 5.37. The van der Waals surface area contributed by atoms with Crippen LogP contribution < -0.4 is 5.56 Å². The second kappa shape index (κ2) is 4.95. The number of fused-ring (bicyclic) bond motifs is 3. The van der Waals surface area contributed by atoms with Crippen molar-refractivity contribution in [1.29, 1.82) is 0 Å². The molecule has 0 saturated heterocycles. The standard InChI is InChI=1S/C14H11F2N3O3S/c15-13(16)14(21)5-22-4-8-7-1-9(6-2-17-18-3-6)23-10(7)12(20)19-11(8)14/h1-3,13,21H,4-5H2,(H,17,18)(H,19,20)/t14-/m1/s1. The molecular weight excluding hydrogens is 328 g/mol. The molecule has 1 atom stereocenters. The molecule has 4 heterocycles. The Balaban J connectivity index is 2.01. The minimum absolute atomic E-state index is 0.0548. The van der Waals surface area contributed by atoms with E-state index < -0.39 is 24.2 Å². The number of pyridine rings is 1. The number of aromatic nitrogens is 3. The number of H-pyrrole nitrogens is 2. The number of hydrogen-bond donors (Lipinski definition) is 3. The molecule has 0 spiro atoms. The van der Waals surface area contributed by atoms with Gasteiger partial charge in [-0.25, -0.2) is 8.78 Å². The Labute approximate surface area is 131 Å². The maximum atomic E-state index is 13.3. The van der Waals surface area contributed by atoms with Crippen molar-refractivity contribution in [1.82, 2.24) is 15.2 Å². The molecule has 120 valence electrons. The van der Waals surface area contributed by atoms with E-state index in [-0.39, 0.29) is 12.3 Å². The summed E-state index contributed by atoms with van der Waals surface area (Å²) in [5, 5.41) is 17.3. The summed E-state index contributed by atoms with van der Waals surface area (Å²) in [7, 11) is 0. The van der Waals surface area contributed by atoms with E-state index in [0.29, 0.717) is 15.6 Å². The van der Waals surface area contributed by atoms with Gasteiger partial charge in [-0.05, 0) is 6.07 Å². The lowest BCUT2D eigenvalue weighted by molar-refractivity contribution is -0.159. The molecule has 3 aromatic heterocycles. The molecule has 3 N–H and O–H groups in total. The van der Waals surface area contributed by atoms with Crippen LogP contribution in [0.25, 0.3) is 20.5 Å². The number of ether oxygens (including phenoxy) is 1. The van der Waals surface area contributed by atoms with Crippen LogP contribution in [0.3, 0.4) is 0 Å². The molecule has 0 saturated carbocycles. The highest BCUT2D eigenvalue weighted by Gasteiger charge is 2.45. The first-order valence-corrected chi connectivity index (χ1v) is 7.59. The van der Waals surface area contributed by atoms with Crippen molar-refractivity contribution in [2.24, 2.45) is 0 Å². The Morgan fingerprint density at radius 3 is 3.00 bits per heavy atom. The van der Waals surface area contributed by atoms with E-state index in [2.05, 4.69) is 15.2 Å². The first-order chi connectivity index (χ1) is 11.0. The van der Waals surface area contributed by atoms with Crippen LogP contribution in [0.5, 0.6) is 0 Å². The molecular formula is C14H11F2N3O3S. The molecule has 1 aliphatic heterocycles. The van der Waals surface area contributed by atoms with Gasteiger partial charge in [0.15, 0.2) is 5.60 Å². The van der Waals surface area contributed by atoms with E-state index >= 15 is 0 Å². The van der Waals surface area contributed by atoms with Crippen molar-refractivity contribution in [3.8, 4) is 10.4 Å². The van der Waals surface area contributed by atoms with E-state index in [1.54, 1.807) is 18.5 Å². The topological polar surface area (TPSA) is 91.0 Å². The van der Waals surface area contributed by atoms with E-state index in [1.165, 1.54) is 11.3 Å². The van der Waals surface area contributed by atoms with Crippen molar-refractivity contribution < 1.29 is 18.6 Å². The van der Waals surface area contributed by atoms with Crippen LogP contribution in [0.4, 0.5) is 8.78 Å². The van der Waals surface area contributed by atoms with Gasteiger partial charge in [-0.2, -0.15) is 5.10 Å². The van der Waals surface area contributed by atoms with Gasteiger partial charge in [0.05, 0.1) is 25.1 Å². The molecule has 3 aromatic rings. The summed E-state index contributed by atoms with van der Waals surface area (Å²) < 4.78 is 32.1. The largest absolute Gasteiger partial charge is 0.376 e. The minimum Gasteiger partial charge on any atom is -0.376 e. The molecule has 4 rings (SSSR count). The molecule has 23 heavy (non-hydrogen) atoms. The lowest BCUT2D eigenvalue weighted by Crippen LogP contribution is -2.44. The lowest BCUT2D eigenvalue weighted by atomic mass is 9.92. The highest BCUT2D eigenvalue weighted by molar-refractivity contribution is 7.22. The van der Waals surface area contributed by atoms with Gasteiger partial charge in [-0.3, -0.25) is 9.89 Å². The van der Waals surface area contributed by atoms with Gasteiger partial charge in [0.25, 0.3) is 12.0 Å². The highest BCUT2D eigenvalue weighted by atomic mass is 32.1. The van der Waals surface area contributed by atoms with Crippen molar-refractivity contribution in [3.63, 3.8) is 0 Å². The number of rotatable bonds is 2. The summed E-state index contributed by atoms with van der Waals surface area (Å²) in [4.78, 5) is 15.5. The Bertz CT molecular complexity index is 935. The predicted octanol–water partition coefficient (Wildman–Crippen LogP) is 1.96. The van der Waals surface area contributed by atoms with E-state index in [9.17, 15) is 18.7 Å². The third-order valence-electron chi connectivity index (χ3n) is 3.95. The third-order valence-corrected chi connectivity index (χ3v) is 5.13. The Morgan fingerprint density at radius 1 is 1.48 bits per heavy atom. The van der Waals surface area contributed by atoms with E-state index in [1.807, 2.05) is 0 Å². The maximum absolute atomic E-state index is 13.3. The highest BCUT2D eigenvalue weighted by Crippen LogP contribution is 2.39. The molecule has 0 fully saturated rings. The average Bonchev–Trinajstić information content (AvgIpc) is 3.17. The molecule has 6 nitrogen and oxygen atoms in total. The molecule has 0 radical (unpaired) electrons. The minimum atomic E-state index is -3.07. The van der Waals surface area contributed by atoms with Crippen molar-refractivity contribution in [3.05, 3.63) is 40.1 Å². The summed E-state index contributed by atoms with van der Waals surface area (Å²) in [6.07, 6.45) is 0.218. The zero-order valence-corrected chi connectivity index (χ0v) is 12.4. The van der Waals surface area contributed by atoms with Crippen molar-refractivity contribution in [2.45, 2.75) is 18.6 Å². The predicted molar refractivity (Wildman–Crippen MR) is 79.6 cm³/mol. The number of thiophene rings is 1. The molecule has 0 aromatic carbocycles. The number of aromatic amines is 2. The van der Waals surface area contributed by atoms with Crippen molar-refractivity contribution in [2.75, 3.05) is 6.61 Å². The van der Waals surface area contributed by atoms with Crippen LogP contribution in [0.15, 0.2) is 23.3 Å². The maximum Gasteiger partial charge on any atom is 0.274 e. The quantitative estimate of drug-likeness (QED) is 0.666. The van der Waals surface area contributed by atoms with Gasteiger partial charge >= 0.3 is 0 Å². The summed E-state index contributed by atoms with van der Waals surface area (Å²) in [6.45, 7) is -0.503. The summed E-state index contributed by atoms with van der Waals surface area (Å²) in [5.41, 5.74) is -1.98. The SMILES string of the molecule is O=c1[nH]c2c(c3cc(-c4cn[nH]c4)sc13)COC[C@]2(O)C(F)F. The van der Waals surface area contributed by atoms with E-state index in [4.69, 9.17) is 4.74 Å². The fourth-order valence-corrected chi connectivity index (χ4v) is 3.83. The van der Waals surface area contributed by atoms with Gasteiger partial charge in [0.2, 0.25) is 0 Å². The fraction of sp³-hybridized carbons (Fsp3) is 0.286. The summed E-state index contributed by atoms with van der Waals surface area (Å²) >= 11 is 1.23. The lowest BCUT2D eigenvalue weighted by Gasteiger charge is -2.33. The number of halogens is 2. The van der Waals surface area contributed by atoms with Gasteiger partial charge in [-0.15, -0.1) is 11.3 Å². The molecule has 1 aliphatic rings. The fourth-order valence-electron chi connectivity index (χ4n) is 2.76. The zero-order chi connectivity index (χ0) is 16.2. The van der Waals surface area contributed by atoms with Crippen LogP contribution in [-0.4, -0.2) is 33.3 Å². The van der Waals surface area contributed by atoms with Crippen LogP contribution in [0.1, 0.15) is 11.3 Å². The smallest absolute Gasteiger partial charge is 0.274 e. The molecule has 0 amide bonds. The molecule has 9 heteroatoms. The van der Waals surface area contributed by atoms with Gasteiger partial charge in [0.1, 0.15) is 4.70 Å². The number of nitrogens with zero attached hydrogens (tertiary/aromatic N) is 1. The van der Waals surface area contributed by atoms with Crippen LogP contribution in [-0.2, 0) is 16.9 Å². The van der Waals surface area contributed by atoms with Crippen molar-refractivity contribution >= 4 is 21.4 Å². The Kier molecular flexibility index (Phi) is 3.12. The van der Waals surface area contributed by atoms with Crippen LogP contribution >= 0.6 is 11.3 Å². The second-order valence-corrected chi connectivity index (χ2v) is 6.42. The first-order valence-electron chi connectivity index (χ1n) is 6.77. The Hall–Kier alpha value is -2.10. The molecule has 0 bridgehead atoms. The van der Waals surface area contributed by atoms with Crippen LogP contribution in [0, 0.1) is 0 Å². The Morgan fingerprint density at radius 2 is 2.30 bits per heavy atom. The third kappa shape index (κ3) is 2.04. The number of alkyl halides is 2. The van der Waals surface area contributed by atoms with Crippen LogP contribution in [0.2, 0.25) is 0 Å².